The van der Waals surface area contributed by atoms with Crippen LogP contribution in [0.2, 0.25) is 0 Å². The summed E-state index contributed by atoms with van der Waals surface area (Å²) in [5.41, 5.74) is 3.17. The molecule has 0 bridgehead atoms. The number of unbranched alkanes of at least 4 members (excludes halogenated alkanes) is 2. The third kappa shape index (κ3) is 11.6. The Kier molecular flexibility index (Phi) is 17.3. The highest BCUT2D eigenvalue weighted by atomic mass is 19.1. The van der Waals surface area contributed by atoms with Gasteiger partial charge in [-0.3, -0.25) is 15.0 Å². The van der Waals surface area contributed by atoms with E-state index in [9.17, 15) is 34.3 Å². The van der Waals surface area contributed by atoms with Crippen molar-refractivity contribution in [2.75, 3.05) is 33.0 Å². The smallest absolute Gasteiger partial charge is 0.412 e. The van der Waals surface area contributed by atoms with Crippen LogP contribution in [0.5, 0.6) is 11.5 Å². The zero-order valence-corrected chi connectivity index (χ0v) is 36.8. The fourth-order valence-electron chi connectivity index (χ4n) is 9.30. The fraction of sp³-hybridized carbons (Fsp3) is 0.449. The van der Waals surface area contributed by atoms with Crippen LogP contribution in [0.4, 0.5) is 19.7 Å². The second kappa shape index (κ2) is 23.2. The van der Waals surface area contributed by atoms with Crippen LogP contribution in [0.1, 0.15) is 80.9 Å². The van der Waals surface area contributed by atoms with Crippen molar-refractivity contribution < 1.29 is 52.9 Å². The van der Waals surface area contributed by atoms with Gasteiger partial charge in [0.15, 0.2) is 0 Å². The number of allylic oxidation sites excluding steroid dienone is 1. The van der Waals surface area contributed by atoms with Gasteiger partial charge in [-0.25, -0.2) is 14.0 Å². The minimum Gasteiger partial charge on any atom is -0.459 e. The molecule has 6 atom stereocenters. The summed E-state index contributed by atoms with van der Waals surface area (Å²) in [6.45, 7) is 9.90. The second-order valence-electron chi connectivity index (χ2n) is 16.3. The fourth-order valence-corrected chi connectivity index (χ4v) is 9.30. The lowest BCUT2D eigenvalue weighted by atomic mass is 9.55. The minimum atomic E-state index is -1.64. The molecule has 2 aliphatic carbocycles. The maximum absolute atomic E-state index is 14.6. The number of hydrogen-bond donors (Lipinski definition) is 3. The number of aliphatic hydroxyl groups excluding tert-OH is 2. The minimum absolute atomic E-state index is 0.00494. The van der Waals surface area contributed by atoms with Crippen molar-refractivity contribution >= 4 is 23.6 Å². The number of ether oxygens (including phenoxy) is 4. The van der Waals surface area contributed by atoms with Gasteiger partial charge < -0.3 is 39.3 Å². The number of aliphatic hydroxyl groups is 2. The molecule has 348 valence electrons. The Labute approximate surface area is 378 Å². The van der Waals surface area contributed by atoms with E-state index in [-0.39, 0.29) is 69.3 Å². The molecule has 0 aromatic heterocycles. The number of carbonyl (C=O) groups excluding carboxylic acids is 2. The van der Waals surface area contributed by atoms with Crippen LogP contribution in [0.25, 0.3) is 0 Å². The molecular weight excluding hydrogens is 840 g/mol. The molecule has 6 unspecified atom stereocenters. The van der Waals surface area contributed by atoms with Gasteiger partial charge in [-0.05, 0) is 110 Å². The molecule has 0 spiro atoms. The van der Waals surface area contributed by atoms with E-state index < -0.39 is 46.6 Å². The van der Waals surface area contributed by atoms with Crippen molar-refractivity contribution in [3.05, 3.63) is 136 Å². The Bertz CT molecular complexity index is 2180. The quantitative estimate of drug-likeness (QED) is 0.0357. The Balaban J connectivity index is 1.59. The normalized spacial score (nSPS) is 22.3. The number of nitrogens with one attached hydrogen (secondary N) is 1. The first-order chi connectivity index (χ1) is 31.6. The molecule has 16 heteroatoms. The van der Waals surface area contributed by atoms with E-state index in [0.29, 0.717) is 74.1 Å². The summed E-state index contributed by atoms with van der Waals surface area (Å²) in [7, 11) is 0. The molecule has 65 heavy (non-hydrogen) atoms. The molecule has 0 radical (unpaired) electrons. The molecular formula is C49H59FN4O11. The molecule has 3 aliphatic rings. The molecule has 0 saturated heterocycles. The number of carbonyl (C=O) groups is 2. The van der Waals surface area contributed by atoms with Crippen molar-refractivity contribution in [1.82, 2.24) is 10.2 Å². The Hall–Kier alpha value is -6.10. The molecule has 1 saturated carbocycles. The highest BCUT2D eigenvalue weighted by molar-refractivity contribution is 6.03. The summed E-state index contributed by atoms with van der Waals surface area (Å²) in [5.74, 6) is -2.66. The SMILES string of the molecule is C=CCCOC(=O)N(Cc1ccc(F)cc1)C1CC(=NOCc2ccc([N+](=O)[O-])cc2)C2=CC(CCCCO)C(CCCCO)C3c4cc(OC(=O)NCC)ccc4OC1(OCC=C)C23. The van der Waals surface area contributed by atoms with Gasteiger partial charge in [0.25, 0.3) is 5.69 Å². The van der Waals surface area contributed by atoms with Crippen molar-refractivity contribution in [3.8, 4) is 11.5 Å². The zero-order valence-electron chi connectivity index (χ0n) is 36.8. The summed E-state index contributed by atoms with van der Waals surface area (Å²) in [4.78, 5) is 45.9. The maximum atomic E-state index is 14.6. The molecule has 1 heterocycles. The standard InChI is InChI=1S/C49H59FN4O11/c1-4-7-27-61-48(58)53(31-33-14-18-36(50)19-15-33)44-30-42(52-63-32-34-16-20-37(21-17-34)54(59)60)40-28-35(12-8-10-24-55)39(13-9-11-25-56)45-41-29-38(64-47(57)51-6-3)22-23-43(41)65-49(44,46(40)45)62-26-5-2/h4-5,14-23,28-29,35,39,44-46,55-56H,1-2,6-13,24-27,30-32H2,3H3,(H,51,57). The Morgan fingerprint density at radius 3 is 2.42 bits per heavy atom. The molecule has 3 aromatic carbocycles. The number of benzene rings is 3. The van der Waals surface area contributed by atoms with E-state index in [4.69, 9.17) is 28.9 Å². The van der Waals surface area contributed by atoms with Gasteiger partial charge in [0.05, 0.1) is 29.8 Å². The van der Waals surface area contributed by atoms with Crippen LogP contribution >= 0.6 is 0 Å². The number of oxime groups is 1. The molecule has 15 nitrogen and oxygen atoms in total. The summed E-state index contributed by atoms with van der Waals surface area (Å²) >= 11 is 0. The number of fused-ring (bicyclic) bond motifs is 2. The number of nitro benzene ring substituents is 1. The highest BCUT2D eigenvalue weighted by Crippen LogP contribution is 2.62. The van der Waals surface area contributed by atoms with Gasteiger partial charge in [0.1, 0.15) is 30.0 Å². The van der Waals surface area contributed by atoms with E-state index in [0.717, 1.165) is 11.1 Å². The Morgan fingerprint density at radius 1 is 1.02 bits per heavy atom. The average Bonchev–Trinajstić information content (AvgIpc) is 3.30. The van der Waals surface area contributed by atoms with Gasteiger partial charge in [-0.1, -0.05) is 48.4 Å². The molecule has 1 aliphatic heterocycles. The van der Waals surface area contributed by atoms with E-state index in [1.165, 1.54) is 29.2 Å². The molecule has 2 amide bonds. The number of halogens is 1. The van der Waals surface area contributed by atoms with Gasteiger partial charge in [-0.15, -0.1) is 13.2 Å². The van der Waals surface area contributed by atoms with Crippen LogP contribution in [0, 0.1) is 33.7 Å². The van der Waals surface area contributed by atoms with E-state index in [1.54, 1.807) is 55.5 Å². The first-order valence-electron chi connectivity index (χ1n) is 22.2. The monoisotopic (exact) mass is 898 g/mol. The number of rotatable bonds is 23. The van der Waals surface area contributed by atoms with Crippen LogP contribution in [0.15, 0.2) is 109 Å². The Morgan fingerprint density at radius 2 is 1.74 bits per heavy atom. The summed E-state index contributed by atoms with van der Waals surface area (Å²) in [6, 6.07) is 16.0. The van der Waals surface area contributed by atoms with Crippen molar-refractivity contribution in [1.29, 1.82) is 0 Å². The summed E-state index contributed by atoms with van der Waals surface area (Å²) < 4.78 is 40.2. The van der Waals surface area contributed by atoms with Crippen molar-refractivity contribution in [2.45, 2.75) is 89.2 Å². The zero-order chi connectivity index (χ0) is 46.3. The van der Waals surface area contributed by atoms with E-state index >= 15 is 0 Å². The lowest BCUT2D eigenvalue weighted by Crippen LogP contribution is -2.70. The van der Waals surface area contributed by atoms with Gasteiger partial charge >= 0.3 is 12.2 Å². The maximum Gasteiger partial charge on any atom is 0.412 e. The molecule has 6 rings (SSSR count). The van der Waals surface area contributed by atoms with E-state index in [2.05, 4.69) is 24.6 Å². The van der Waals surface area contributed by atoms with Crippen LogP contribution < -0.4 is 14.8 Å². The average molecular weight is 899 g/mol. The van der Waals surface area contributed by atoms with Crippen LogP contribution in [-0.4, -0.2) is 82.7 Å². The molecule has 3 N–H and O–H groups in total. The number of non-ortho nitro benzene ring substituents is 1. The second-order valence-corrected chi connectivity index (χ2v) is 16.3. The first kappa shape index (κ1) is 48.4. The predicted octanol–water partition coefficient (Wildman–Crippen LogP) is 8.89. The number of amides is 2. The van der Waals surface area contributed by atoms with E-state index in [1.807, 2.05) is 6.07 Å². The molecule has 3 aromatic rings. The summed E-state index contributed by atoms with van der Waals surface area (Å²) in [6.07, 6.45) is 8.47. The number of nitro groups is 1. The van der Waals surface area contributed by atoms with Crippen LogP contribution in [-0.2, 0) is 27.5 Å². The predicted molar refractivity (Wildman–Crippen MR) is 241 cm³/mol. The summed E-state index contributed by atoms with van der Waals surface area (Å²) in [5, 5.41) is 38.7. The number of hydrogen-bond acceptors (Lipinski definition) is 12. The van der Waals surface area contributed by atoms with Gasteiger partial charge in [0.2, 0.25) is 5.79 Å². The third-order valence-corrected chi connectivity index (χ3v) is 12.2. The topological polar surface area (TPSA) is 192 Å². The lowest BCUT2D eigenvalue weighted by Gasteiger charge is -2.59. The van der Waals surface area contributed by atoms with Crippen molar-refractivity contribution in [3.63, 3.8) is 0 Å². The van der Waals surface area contributed by atoms with Gasteiger partial charge in [-0.2, -0.15) is 0 Å². The third-order valence-electron chi connectivity index (χ3n) is 12.2. The highest BCUT2D eigenvalue weighted by Gasteiger charge is 2.65. The largest absolute Gasteiger partial charge is 0.459 e. The van der Waals surface area contributed by atoms with Crippen molar-refractivity contribution in [2.24, 2.45) is 22.9 Å². The lowest BCUT2D eigenvalue weighted by molar-refractivity contribution is -0.384. The first-order valence-corrected chi connectivity index (χ1v) is 22.2. The molecule has 1 fully saturated rings. The number of nitrogens with zero attached hydrogens (tertiary/aromatic N) is 3. The van der Waals surface area contributed by atoms with Gasteiger partial charge in [0, 0.05) is 56.3 Å². The van der Waals surface area contributed by atoms with Crippen LogP contribution in [0.3, 0.4) is 0 Å².